The van der Waals surface area contributed by atoms with Crippen molar-refractivity contribution in [3.05, 3.63) is 41.9 Å². The summed E-state index contributed by atoms with van der Waals surface area (Å²) in [5.41, 5.74) is 1.18. The third kappa shape index (κ3) is 2.87. The molecule has 2 aliphatic heterocycles. The lowest BCUT2D eigenvalue weighted by Crippen LogP contribution is -2.45. The van der Waals surface area contributed by atoms with E-state index in [1.54, 1.807) is 43.8 Å². The molecule has 1 aliphatic carbocycles. The Morgan fingerprint density at radius 2 is 2.13 bits per heavy atom. The molecule has 158 valence electrons. The van der Waals surface area contributed by atoms with Gasteiger partial charge in [0.2, 0.25) is 5.82 Å². The number of hydrogen-bond acceptors (Lipinski definition) is 5. The summed E-state index contributed by atoms with van der Waals surface area (Å²) < 4.78 is 30.2. The number of carbonyl (C=O) groups is 1. The van der Waals surface area contributed by atoms with Crippen molar-refractivity contribution in [2.24, 2.45) is 7.05 Å². The topological polar surface area (TPSA) is 82.7 Å². The summed E-state index contributed by atoms with van der Waals surface area (Å²) in [5, 5.41) is 6.83. The highest BCUT2D eigenvalue weighted by molar-refractivity contribution is 6.03. The molecule has 6 rings (SSSR count). The van der Waals surface area contributed by atoms with E-state index in [1.165, 1.54) is 4.68 Å². The van der Waals surface area contributed by atoms with Gasteiger partial charge >= 0.3 is 0 Å². The minimum atomic E-state index is -0.605. The maximum absolute atomic E-state index is 15.4. The van der Waals surface area contributed by atoms with Crippen LogP contribution in [0, 0.1) is 5.82 Å². The van der Waals surface area contributed by atoms with Crippen LogP contribution in [0.3, 0.4) is 0 Å². The number of rotatable bonds is 5. The molecule has 2 bridgehead atoms. The minimum absolute atomic E-state index is 0.0300. The van der Waals surface area contributed by atoms with E-state index in [0.29, 0.717) is 6.61 Å². The van der Waals surface area contributed by atoms with Crippen molar-refractivity contribution < 1.29 is 18.7 Å². The number of amides is 1. The van der Waals surface area contributed by atoms with Gasteiger partial charge in [-0.25, -0.2) is 4.98 Å². The zero-order valence-corrected chi connectivity index (χ0v) is 17.4. The average Bonchev–Trinajstić information content (AvgIpc) is 3.40. The lowest BCUT2D eigenvalue weighted by atomic mass is 9.62. The third-order valence-electron chi connectivity index (χ3n) is 5.85. The standard InChI is InChI=1S/C21H24FN5O3/c1-12(2)30-17-14(23-19(28)13-5-6-26(4)25-13)7-27-8-15(24-18(27)16(17)22)21-9-20(3,10-21)29-11-21/h5-8,12H,9-11H2,1-4H3,(H,23,28). The van der Waals surface area contributed by atoms with Crippen molar-refractivity contribution in [2.45, 2.75) is 50.7 Å². The molecule has 3 aliphatic rings. The Morgan fingerprint density at radius 1 is 1.37 bits per heavy atom. The number of hydrogen-bond donors (Lipinski definition) is 1. The van der Waals surface area contributed by atoms with Crippen LogP contribution in [-0.2, 0) is 17.2 Å². The lowest BCUT2D eigenvalue weighted by molar-refractivity contribution is 0.0154. The summed E-state index contributed by atoms with van der Waals surface area (Å²) in [5.74, 6) is -1.08. The molecule has 5 heterocycles. The lowest BCUT2D eigenvalue weighted by Gasteiger charge is -2.41. The van der Waals surface area contributed by atoms with Gasteiger partial charge in [-0.05, 0) is 39.7 Å². The summed E-state index contributed by atoms with van der Waals surface area (Å²) in [6, 6.07) is 1.59. The van der Waals surface area contributed by atoms with E-state index >= 15 is 4.39 Å². The summed E-state index contributed by atoms with van der Waals surface area (Å²) in [6.07, 6.45) is 6.60. The Bertz CT molecular complexity index is 1160. The Balaban J connectivity index is 1.56. The monoisotopic (exact) mass is 413 g/mol. The van der Waals surface area contributed by atoms with Crippen LogP contribution in [0.2, 0.25) is 0 Å². The smallest absolute Gasteiger partial charge is 0.276 e. The number of pyridine rings is 1. The number of fused-ring (bicyclic) bond motifs is 2. The largest absolute Gasteiger partial charge is 0.486 e. The van der Waals surface area contributed by atoms with E-state index in [9.17, 15) is 4.79 Å². The molecule has 1 amide bonds. The Kier molecular flexibility index (Phi) is 3.99. The molecule has 3 aromatic rings. The maximum atomic E-state index is 15.4. The van der Waals surface area contributed by atoms with Gasteiger partial charge in [0, 0.05) is 31.1 Å². The van der Waals surface area contributed by atoms with E-state index in [2.05, 4.69) is 22.3 Å². The first-order valence-electron chi connectivity index (χ1n) is 10.0. The fourth-order valence-corrected chi connectivity index (χ4v) is 4.64. The molecule has 3 fully saturated rings. The molecule has 1 saturated carbocycles. The molecule has 0 aromatic carbocycles. The van der Waals surface area contributed by atoms with Crippen LogP contribution in [0.15, 0.2) is 24.7 Å². The van der Waals surface area contributed by atoms with Crippen molar-refractivity contribution in [1.29, 1.82) is 0 Å². The third-order valence-corrected chi connectivity index (χ3v) is 5.85. The van der Waals surface area contributed by atoms with Gasteiger partial charge in [-0.2, -0.15) is 9.49 Å². The summed E-state index contributed by atoms with van der Waals surface area (Å²) in [7, 11) is 1.72. The SMILES string of the molecule is CC(C)Oc1c(NC(=O)c2ccn(C)n2)cn2cc(C34COC(C)(C3)C4)nc2c1F. The fourth-order valence-electron chi connectivity index (χ4n) is 4.64. The van der Waals surface area contributed by atoms with Crippen LogP contribution in [0.5, 0.6) is 5.75 Å². The first-order chi connectivity index (χ1) is 14.2. The second-order valence-corrected chi connectivity index (χ2v) is 8.91. The zero-order valence-electron chi connectivity index (χ0n) is 17.4. The number of ether oxygens (including phenoxy) is 2. The Hall–Kier alpha value is -2.94. The molecule has 0 atom stereocenters. The van der Waals surface area contributed by atoms with Crippen LogP contribution >= 0.6 is 0 Å². The number of anilines is 1. The molecule has 3 aromatic heterocycles. The van der Waals surface area contributed by atoms with Gasteiger partial charge in [-0.1, -0.05) is 0 Å². The Labute approximate surface area is 173 Å². The van der Waals surface area contributed by atoms with E-state index in [-0.39, 0.29) is 39.9 Å². The Morgan fingerprint density at radius 3 is 2.73 bits per heavy atom. The van der Waals surface area contributed by atoms with Crippen molar-refractivity contribution in [1.82, 2.24) is 19.2 Å². The number of nitrogens with one attached hydrogen (secondary N) is 1. The minimum Gasteiger partial charge on any atom is -0.486 e. The fraction of sp³-hybridized carbons (Fsp3) is 0.476. The second kappa shape index (κ2) is 6.28. The van der Waals surface area contributed by atoms with E-state index in [4.69, 9.17) is 9.47 Å². The van der Waals surface area contributed by atoms with Gasteiger partial charge < -0.3 is 19.2 Å². The van der Waals surface area contributed by atoms with Gasteiger partial charge in [0.15, 0.2) is 17.1 Å². The zero-order chi connectivity index (χ0) is 21.3. The number of aromatic nitrogens is 4. The van der Waals surface area contributed by atoms with Gasteiger partial charge in [-0.15, -0.1) is 0 Å². The van der Waals surface area contributed by atoms with Crippen LogP contribution in [0.4, 0.5) is 10.1 Å². The molecule has 2 saturated heterocycles. The number of nitrogens with zero attached hydrogens (tertiary/aromatic N) is 4. The van der Waals surface area contributed by atoms with E-state index in [1.807, 2.05) is 6.20 Å². The number of halogens is 1. The van der Waals surface area contributed by atoms with Crippen LogP contribution in [0.1, 0.15) is 49.8 Å². The molecule has 0 spiro atoms. The molecule has 9 heteroatoms. The van der Waals surface area contributed by atoms with Crippen molar-refractivity contribution in [3.63, 3.8) is 0 Å². The highest BCUT2D eigenvalue weighted by Crippen LogP contribution is 2.58. The van der Waals surface area contributed by atoms with Gasteiger partial charge in [-0.3, -0.25) is 9.48 Å². The molecule has 1 N–H and O–H groups in total. The molecule has 8 nitrogen and oxygen atoms in total. The predicted octanol–water partition coefficient (Wildman–Crippen LogP) is 3.07. The second-order valence-electron chi connectivity index (χ2n) is 8.91. The van der Waals surface area contributed by atoms with E-state index in [0.717, 1.165) is 18.5 Å². The molecular formula is C21H24FN5O3. The average molecular weight is 413 g/mol. The summed E-state index contributed by atoms with van der Waals surface area (Å²) in [6.45, 7) is 6.28. The van der Waals surface area contributed by atoms with Gasteiger partial charge in [0.1, 0.15) is 5.69 Å². The van der Waals surface area contributed by atoms with E-state index < -0.39 is 11.7 Å². The molecule has 30 heavy (non-hydrogen) atoms. The maximum Gasteiger partial charge on any atom is 0.276 e. The quantitative estimate of drug-likeness (QED) is 0.695. The normalized spacial score (nSPS) is 25.0. The number of imidazole rings is 1. The number of aryl methyl sites for hydroxylation is 1. The molecule has 0 unspecified atom stereocenters. The van der Waals surface area contributed by atoms with Crippen LogP contribution in [-0.4, -0.2) is 43.4 Å². The first-order valence-corrected chi connectivity index (χ1v) is 10.0. The molecule has 0 radical (unpaired) electrons. The van der Waals surface area contributed by atoms with Crippen molar-refractivity contribution in [3.8, 4) is 5.75 Å². The molecular weight excluding hydrogens is 389 g/mol. The van der Waals surface area contributed by atoms with Crippen molar-refractivity contribution >= 4 is 17.2 Å². The van der Waals surface area contributed by atoms with Gasteiger partial charge in [0.05, 0.1) is 24.0 Å². The van der Waals surface area contributed by atoms with Crippen LogP contribution in [0.25, 0.3) is 5.65 Å². The summed E-state index contributed by atoms with van der Waals surface area (Å²) >= 11 is 0. The highest BCUT2D eigenvalue weighted by atomic mass is 19.1. The van der Waals surface area contributed by atoms with Gasteiger partial charge in [0.25, 0.3) is 5.91 Å². The first kappa shape index (κ1) is 19.0. The van der Waals surface area contributed by atoms with Crippen LogP contribution < -0.4 is 10.1 Å². The highest BCUT2D eigenvalue weighted by Gasteiger charge is 2.61. The summed E-state index contributed by atoms with van der Waals surface area (Å²) in [4.78, 5) is 17.2. The number of carbonyl (C=O) groups excluding carboxylic acids is 1. The van der Waals surface area contributed by atoms with Crippen molar-refractivity contribution in [2.75, 3.05) is 11.9 Å². The predicted molar refractivity (Wildman–Crippen MR) is 107 cm³/mol.